The first-order chi connectivity index (χ1) is 11.3. The van der Waals surface area contributed by atoms with Gasteiger partial charge in [-0.25, -0.2) is 0 Å². The number of rotatable bonds is 3. The minimum absolute atomic E-state index is 0.152. The highest BCUT2D eigenvalue weighted by molar-refractivity contribution is 5.61. The van der Waals surface area contributed by atoms with Crippen molar-refractivity contribution in [2.45, 2.75) is 18.8 Å². The maximum atomic E-state index is 5.51. The van der Waals surface area contributed by atoms with Crippen molar-refractivity contribution in [2.75, 3.05) is 13.2 Å². The van der Waals surface area contributed by atoms with Crippen LogP contribution in [0.5, 0.6) is 0 Å². The van der Waals surface area contributed by atoms with E-state index in [0.29, 0.717) is 29.4 Å². The van der Waals surface area contributed by atoms with Crippen molar-refractivity contribution < 1.29 is 9.26 Å². The van der Waals surface area contributed by atoms with Gasteiger partial charge in [-0.2, -0.15) is 5.10 Å². The van der Waals surface area contributed by atoms with Crippen molar-refractivity contribution in [1.82, 2.24) is 25.3 Å². The second-order valence-corrected chi connectivity index (χ2v) is 5.77. The van der Waals surface area contributed by atoms with Crippen LogP contribution in [-0.2, 0) is 10.2 Å². The Balaban J connectivity index is 1.69. The number of hydrogen-bond donors (Lipinski definition) is 0. The average Bonchev–Trinajstić information content (AvgIpc) is 3.26. The Bertz CT molecular complexity index is 795. The zero-order valence-electron chi connectivity index (χ0n) is 12.6. The standard InChI is InChI=1S/C16H14N5O2/c1-16(4-6-22-10-16)11-9-23-21-15(11)14-8-17-13(7-18-14)12-3-2-5-19-20-12/h2-3,5,7-8H,4,6,10H2,1H3. The van der Waals surface area contributed by atoms with E-state index in [1.165, 1.54) is 0 Å². The minimum atomic E-state index is -0.152. The number of ether oxygens (including phenoxy) is 1. The van der Waals surface area contributed by atoms with Gasteiger partial charge in [0.1, 0.15) is 22.8 Å². The van der Waals surface area contributed by atoms with Crippen LogP contribution < -0.4 is 0 Å². The van der Waals surface area contributed by atoms with Gasteiger partial charge in [-0.3, -0.25) is 9.97 Å². The summed E-state index contributed by atoms with van der Waals surface area (Å²) >= 11 is 0. The molecular formula is C16H14N5O2. The highest BCUT2D eigenvalue weighted by Crippen LogP contribution is 2.37. The summed E-state index contributed by atoms with van der Waals surface area (Å²) in [6.07, 6.45) is 8.72. The molecule has 4 rings (SSSR count). The third-order valence-electron chi connectivity index (χ3n) is 4.07. The molecule has 1 saturated heterocycles. The topological polar surface area (TPSA) is 86.8 Å². The smallest absolute Gasteiger partial charge is 0.209 e. The fourth-order valence-electron chi connectivity index (χ4n) is 2.68. The average molecular weight is 308 g/mol. The summed E-state index contributed by atoms with van der Waals surface area (Å²) in [7, 11) is 0. The van der Waals surface area contributed by atoms with E-state index in [2.05, 4.69) is 38.5 Å². The van der Waals surface area contributed by atoms with Gasteiger partial charge in [0, 0.05) is 23.8 Å². The molecule has 0 amide bonds. The largest absolute Gasteiger partial charge is 0.380 e. The van der Waals surface area contributed by atoms with Gasteiger partial charge in [0.15, 0.2) is 0 Å². The fraction of sp³-hybridized carbons (Fsp3) is 0.312. The predicted molar refractivity (Wildman–Crippen MR) is 80.2 cm³/mol. The predicted octanol–water partition coefficient (Wildman–Crippen LogP) is 2.07. The molecule has 1 atom stereocenters. The Hall–Kier alpha value is -2.67. The summed E-state index contributed by atoms with van der Waals surface area (Å²) in [5, 5.41) is 11.9. The van der Waals surface area contributed by atoms with Gasteiger partial charge in [-0.1, -0.05) is 12.1 Å². The first-order valence-corrected chi connectivity index (χ1v) is 7.32. The van der Waals surface area contributed by atoms with Gasteiger partial charge < -0.3 is 9.26 Å². The van der Waals surface area contributed by atoms with Gasteiger partial charge in [0.05, 0.1) is 19.0 Å². The van der Waals surface area contributed by atoms with Crippen LogP contribution in [0, 0.1) is 6.26 Å². The molecule has 23 heavy (non-hydrogen) atoms. The molecule has 7 heteroatoms. The molecule has 3 aromatic rings. The van der Waals surface area contributed by atoms with Crippen LogP contribution in [0.25, 0.3) is 22.8 Å². The van der Waals surface area contributed by atoms with Crippen LogP contribution in [-0.4, -0.2) is 38.5 Å². The van der Waals surface area contributed by atoms with Gasteiger partial charge in [0.2, 0.25) is 6.26 Å². The minimum Gasteiger partial charge on any atom is -0.380 e. The number of nitrogens with zero attached hydrogens (tertiary/aromatic N) is 5. The molecule has 0 bridgehead atoms. The van der Waals surface area contributed by atoms with Crippen molar-refractivity contribution in [2.24, 2.45) is 0 Å². The molecule has 0 saturated carbocycles. The van der Waals surface area contributed by atoms with E-state index in [1.54, 1.807) is 18.6 Å². The van der Waals surface area contributed by atoms with Crippen molar-refractivity contribution in [3.05, 3.63) is 42.5 Å². The van der Waals surface area contributed by atoms with Crippen LogP contribution in [0.3, 0.4) is 0 Å². The van der Waals surface area contributed by atoms with Crippen LogP contribution >= 0.6 is 0 Å². The van der Waals surface area contributed by atoms with Gasteiger partial charge in [-0.05, 0) is 18.6 Å². The normalized spacial score (nSPS) is 20.7. The molecule has 1 unspecified atom stereocenters. The van der Waals surface area contributed by atoms with Gasteiger partial charge >= 0.3 is 0 Å². The molecule has 1 fully saturated rings. The third-order valence-corrected chi connectivity index (χ3v) is 4.07. The highest BCUT2D eigenvalue weighted by atomic mass is 16.5. The Kier molecular flexibility index (Phi) is 3.34. The van der Waals surface area contributed by atoms with Crippen molar-refractivity contribution in [1.29, 1.82) is 0 Å². The Morgan fingerprint density at radius 2 is 2.04 bits per heavy atom. The molecule has 0 N–H and O–H groups in total. The lowest BCUT2D eigenvalue weighted by molar-refractivity contribution is 0.180. The lowest BCUT2D eigenvalue weighted by atomic mass is 9.82. The second-order valence-electron chi connectivity index (χ2n) is 5.77. The first kappa shape index (κ1) is 14.0. The summed E-state index contributed by atoms with van der Waals surface area (Å²) in [4.78, 5) is 8.85. The molecule has 0 aliphatic carbocycles. The van der Waals surface area contributed by atoms with E-state index in [9.17, 15) is 0 Å². The quantitative estimate of drug-likeness (QED) is 0.732. The highest BCUT2D eigenvalue weighted by Gasteiger charge is 2.36. The summed E-state index contributed by atoms with van der Waals surface area (Å²) in [5.74, 6) is 0. The first-order valence-electron chi connectivity index (χ1n) is 7.32. The molecule has 1 radical (unpaired) electrons. The molecule has 115 valence electrons. The van der Waals surface area contributed by atoms with Crippen LogP contribution in [0.1, 0.15) is 18.9 Å². The maximum Gasteiger partial charge on any atom is 0.209 e. The number of hydrogen-bond acceptors (Lipinski definition) is 7. The van der Waals surface area contributed by atoms with E-state index in [4.69, 9.17) is 9.26 Å². The molecular weight excluding hydrogens is 294 g/mol. The molecule has 1 aliphatic heterocycles. The summed E-state index contributed by atoms with van der Waals surface area (Å²) in [6, 6.07) is 3.65. The van der Waals surface area contributed by atoms with Crippen LogP contribution in [0.2, 0.25) is 0 Å². The van der Waals surface area contributed by atoms with E-state index in [0.717, 1.165) is 18.6 Å². The monoisotopic (exact) mass is 308 g/mol. The summed E-state index contributed by atoms with van der Waals surface area (Å²) < 4.78 is 10.6. The van der Waals surface area contributed by atoms with E-state index < -0.39 is 0 Å². The van der Waals surface area contributed by atoms with E-state index in [1.807, 2.05) is 12.1 Å². The molecule has 4 heterocycles. The second kappa shape index (κ2) is 5.51. The van der Waals surface area contributed by atoms with E-state index >= 15 is 0 Å². The van der Waals surface area contributed by atoms with Crippen molar-refractivity contribution >= 4 is 0 Å². The third kappa shape index (κ3) is 2.49. The van der Waals surface area contributed by atoms with Crippen molar-refractivity contribution in [3.63, 3.8) is 0 Å². The van der Waals surface area contributed by atoms with Crippen LogP contribution in [0.15, 0.2) is 35.2 Å². The van der Waals surface area contributed by atoms with Crippen molar-refractivity contribution in [3.8, 4) is 22.8 Å². The zero-order chi connectivity index (χ0) is 15.7. The number of aromatic nitrogens is 5. The molecule has 0 aromatic carbocycles. The van der Waals surface area contributed by atoms with Gasteiger partial charge in [0.25, 0.3) is 0 Å². The Morgan fingerprint density at radius 1 is 1.17 bits per heavy atom. The van der Waals surface area contributed by atoms with Gasteiger partial charge in [-0.15, -0.1) is 5.10 Å². The Labute approximate surface area is 132 Å². The molecule has 1 aliphatic rings. The maximum absolute atomic E-state index is 5.51. The Morgan fingerprint density at radius 3 is 2.74 bits per heavy atom. The molecule has 3 aromatic heterocycles. The van der Waals surface area contributed by atoms with E-state index in [-0.39, 0.29) is 5.41 Å². The summed E-state index contributed by atoms with van der Waals surface area (Å²) in [6.45, 7) is 3.48. The fourth-order valence-corrected chi connectivity index (χ4v) is 2.68. The van der Waals surface area contributed by atoms with Crippen LogP contribution in [0.4, 0.5) is 0 Å². The summed E-state index contributed by atoms with van der Waals surface area (Å²) in [5.41, 5.74) is 3.38. The molecule has 7 nitrogen and oxygen atoms in total. The molecule has 0 spiro atoms. The SMILES string of the molecule is CC1(c2[c]onc2-c2cnc(-c3cccnn3)cn2)CCOC1. The lowest BCUT2D eigenvalue weighted by Crippen LogP contribution is -2.22. The zero-order valence-corrected chi connectivity index (χ0v) is 12.6. The lowest BCUT2D eigenvalue weighted by Gasteiger charge is -2.19.